The number of urea groups is 1. The van der Waals surface area contributed by atoms with E-state index in [1.54, 1.807) is 4.90 Å². The number of hydrogen-bond donors (Lipinski definition) is 2. The molecule has 1 heterocycles. The Labute approximate surface area is 102 Å². The molecular formula is C12H22N2O3. The molecule has 0 aromatic heterocycles. The van der Waals surface area contributed by atoms with Gasteiger partial charge in [-0.2, -0.15) is 0 Å². The first-order valence-electron chi connectivity index (χ1n) is 6.43. The van der Waals surface area contributed by atoms with E-state index >= 15 is 0 Å². The fraction of sp³-hybridized carbons (Fsp3) is 0.833. The summed E-state index contributed by atoms with van der Waals surface area (Å²) in [4.78, 5) is 24.5. The number of aliphatic carboxylic acids is 1. The van der Waals surface area contributed by atoms with Crippen LogP contribution in [0.15, 0.2) is 0 Å². The van der Waals surface area contributed by atoms with Gasteiger partial charge in [-0.1, -0.05) is 19.8 Å². The van der Waals surface area contributed by atoms with Gasteiger partial charge in [-0.3, -0.25) is 0 Å². The number of amides is 2. The fourth-order valence-corrected chi connectivity index (χ4v) is 2.00. The molecule has 98 valence electrons. The maximum atomic E-state index is 11.8. The van der Waals surface area contributed by atoms with Gasteiger partial charge in [-0.05, 0) is 25.7 Å². The maximum Gasteiger partial charge on any atom is 0.326 e. The molecule has 0 bridgehead atoms. The first-order valence-corrected chi connectivity index (χ1v) is 6.43. The summed E-state index contributed by atoms with van der Waals surface area (Å²) in [6.45, 7) is 3.49. The lowest BCUT2D eigenvalue weighted by Crippen LogP contribution is -2.49. The summed E-state index contributed by atoms with van der Waals surface area (Å²) in [6.07, 6.45) is 5.44. The fourth-order valence-electron chi connectivity index (χ4n) is 2.00. The molecule has 1 aliphatic rings. The zero-order valence-corrected chi connectivity index (χ0v) is 10.4. The Bertz CT molecular complexity index is 262. The van der Waals surface area contributed by atoms with Crippen LogP contribution in [-0.4, -0.2) is 41.1 Å². The molecule has 0 aromatic carbocycles. The second kappa shape index (κ2) is 7.14. The summed E-state index contributed by atoms with van der Waals surface area (Å²) in [7, 11) is 0. The summed E-state index contributed by atoms with van der Waals surface area (Å²) in [5, 5.41) is 11.6. The summed E-state index contributed by atoms with van der Waals surface area (Å²) in [5.74, 6) is -0.941. The van der Waals surface area contributed by atoms with Gasteiger partial charge in [-0.25, -0.2) is 9.59 Å². The van der Waals surface area contributed by atoms with E-state index in [2.05, 4.69) is 5.32 Å². The van der Waals surface area contributed by atoms with Crippen LogP contribution in [-0.2, 0) is 4.79 Å². The van der Waals surface area contributed by atoms with Crippen LogP contribution in [0.5, 0.6) is 0 Å². The Morgan fingerprint density at radius 3 is 2.47 bits per heavy atom. The highest BCUT2D eigenvalue weighted by Gasteiger charge is 2.23. The quantitative estimate of drug-likeness (QED) is 0.772. The number of nitrogens with zero attached hydrogens (tertiary/aromatic N) is 1. The number of piperidine rings is 1. The normalized spacial score (nSPS) is 17.6. The van der Waals surface area contributed by atoms with E-state index < -0.39 is 12.0 Å². The lowest BCUT2D eigenvalue weighted by atomic mass is 10.1. The van der Waals surface area contributed by atoms with Crippen LogP contribution in [0.2, 0.25) is 0 Å². The van der Waals surface area contributed by atoms with Gasteiger partial charge in [0.2, 0.25) is 0 Å². The Morgan fingerprint density at radius 2 is 1.94 bits per heavy atom. The van der Waals surface area contributed by atoms with Gasteiger partial charge in [0.1, 0.15) is 6.04 Å². The number of carboxylic acids is 1. The average molecular weight is 242 g/mol. The summed E-state index contributed by atoms with van der Waals surface area (Å²) in [5.41, 5.74) is 0. The highest BCUT2D eigenvalue weighted by Crippen LogP contribution is 2.09. The molecule has 17 heavy (non-hydrogen) atoms. The van der Waals surface area contributed by atoms with Gasteiger partial charge in [0, 0.05) is 13.1 Å². The van der Waals surface area contributed by atoms with E-state index in [-0.39, 0.29) is 6.03 Å². The summed E-state index contributed by atoms with van der Waals surface area (Å²) < 4.78 is 0. The molecule has 1 fully saturated rings. The first kappa shape index (κ1) is 13.8. The zero-order chi connectivity index (χ0) is 12.7. The van der Waals surface area contributed by atoms with Crippen molar-refractivity contribution in [2.75, 3.05) is 13.1 Å². The highest BCUT2D eigenvalue weighted by molar-refractivity contribution is 5.82. The maximum absolute atomic E-state index is 11.8. The number of nitrogens with one attached hydrogen (secondary N) is 1. The standard InChI is InChI=1S/C12H22N2O3/c1-2-3-7-10(11(15)16)13-12(17)14-8-5-4-6-9-14/h10H,2-9H2,1H3,(H,13,17)(H,15,16)/t10-/m0/s1. The molecule has 0 aliphatic carbocycles. The van der Waals surface area contributed by atoms with Crippen molar-refractivity contribution in [2.45, 2.75) is 51.5 Å². The second-order valence-electron chi connectivity index (χ2n) is 4.53. The molecule has 1 aliphatic heterocycles. The predicted octanol–water partition coefficient (Wildman–Crippen LogP) is 1.83. The molecule has 2 N–H and O–H groups in total. The molecule has 0 spiro atoms. The van der Waals surface area contributed by atoms with Crippen molar-refractivity contribution in [2.24, 2.45) is 0 Å². The number of carboxylic acid groups (broad SMARTS) is 1. The Hall–Kier alpha value is -1.26. The minimum Gasteiger partial charge on any atom is -0.480 e. The first-order chi connectivity index (χ1) is 8.15. The minimum absolute atomic E-state index is 0.229. The minimum atomic E-state index is -0.941. The van der Waals surface area contributed by atoms with Crippen molar-refractivity contribution in [1.82, 2.24) is 10.2 Å². The highest BCUT2D eigenvalue weighted by atomic mass is 16.4. The third-order valence-corrected chi connectivity index (χ3v) is 3.09. The van der Waals surface area contributed by atoms with Crippen molar-refractivity contribution in [3.05, 3.63) is 0 Å². The van der Waals surface area contributed by atoms with Crippen LogP contribution >= 0.6 is 0 Å². The molecule has 5 nitrogen and oxygen atoms in total. The van der Waals surface area contributed by atoms with Gasteiger partial charge < -0.3 is 15.3 Å². The van der Waals surface area contributed by atoms with Crippen LogP contribution in [0, 0.1) is 0 Å². The largest absolute Gasteiger partial charge is 0.480 e. The van der Waals surface area contributed by atoms with Crippen molar-refractivity contribution < 1.29 is 14.7 Å². The second-order valence-corrected chi connectivity index (χ2v) is 4.53. The molecule has 1 saturated heterocycles. The Morgan fingerprint density at radius 1 is 1.29 bits per heavy atom. The monoisotopic (exact) mass is 242 g/mol. The number of carbonyl (C=O) groups excluding carboxylic acids is 1. The van der Waals surface area contributed by atoms with Crippen LogP contribution in [0.3, 0.4) is 0 Å². The molecule has 2 amide bonds. The van der Waals surface area contributed by atoms with Crippen molar-refractivity contribution in [1.29, 1.82) is 0 Å². The smallest absolute Gasteiger partial charge is 0.326 e. The van der Waals surface area contributed by atoms with Gasteiger partial charge in [0.15, 0.2) is 0 Å². The SMILES string of the molecule is CCCC[C@H](NC(=O)N1CCCCC1)C(=O)O. The molecule has 5 heteroatoms. The molecular weight excluding hydrogens is 220 g/mol. The van der Waals surface area contributed by atoms with Gasteiger partial charge in [0.05, 0.1) is 0 Å². The third-order valence-electron chi connectivity index (χ3n) is 3.09. The number of likely N-dealkylation sites (tertiary alicyclic amines) is 1. The lowest BCUT2D eigenvalue weighted by Gasteiger charge is -2.28. The van der Waals surface area contributed by atoms with Gasteiger partial charge in [-0.15, -0.1) is 0 Å². The van der Waals surface area contributed by atoms with Crippen LogP contribution in [0.1, 0.15) is 45.4 Å². The molecule has 1 atom stereocenters. The molecule has 0 saturated carbocycles. The number of unbranched alkanes of at least 4 members (excludes halogenated alkanes) is 1. The van der Waals surface area contributed by atoms with E-state index in [1.165, 1.54) is 0 Å². The number of rotatable bonds is 5. The Balaban J connectivity index is 2.42. The Kier molecular flexibility index (Phi) is 5.80. The van der Waals surface area contributed by atoms with Crippen molar-refractivity contribution >= 4 is 12.0 Å². The molecule has 0 unspecified atom stereocenters. The topological polar surface area (TPSA) is 69.6 Å². The van der Waals surface area contributed by atoms with E-state index in [1.807, 2.05) is 6.92 Å². The van der Waals surface area contributed by atoms with Gasteiger partial charge in [0.25, 0.3) is 0 Å². The summed E-state index contributed by atoms with van der Waals surface area (Å²) >= 11 is 0. The number of hydrogen-bond acceptors (Lipinski definition) is 2. The van der Waals surface area contributed by atoms with E-state index in [4.69, 9.17) is 5.11 Å². The third kappa shape index (κ3) is 4.63. The summed E-state index contributed by atoms with van der Waals surface area (Å²) in [6, 6.07) is -0.974. The zero-order valence-electron chi connectivity index (χ0n) is 10.4. The van der Waals surface area contributed by atoms with Crippen LogP contribution < -0.4 is 5.32 Å². The van der Waals surface area contributed by atoms with Crippen molar-refractivity contribution in [3.8, 4) is 0 Å². The average Bonchev–Trinajstić information content (AvgIpc) is 2.35. The lowest BCUT2D eigenvalue weighted by molar-refractivity contribution is -0.139. The van der Waals surface area contributed by atoms with E-state index in [0.29, 0.717) is 6.42 Å². The number of carbonyl (C=O) groups is 2. The molecule has 1 rings (SSSR count). The predicted molar refractivity (Wildman–Crippen MR) is 64.9 cm³/mol. The van der Waals surface area contributed by atoms with Crippen molar-refractivity contribution in [3.63, 3.8) is 0 Å². The van der Waals surface area contributed by atoms with E-state index in [0.717, 1.165) is 45.2 Å². The van der Waals surface area contributed by atoms with Crippen LogP contribution in [0.4, 0.5) is 4.79 Å². The molecule has 0 aromatic rings. The van der Waals surface area contributed by atoms with E-state index in [9.17, 15) is 9.59 Å². The van der Waals surface area contributed by atoms with Gasteiger partial charge >= 0.3 is 12.0 Å². The molecule has 0 radical (unpaired) electrons. The van der Waals surface area contributed by atoms with Crippen LogP contribution in [0.25, 0.3) is 0 Å².